The van der Waals surface area contributed by atoms with Gasteiger partial charge in [0.1, 0.15) is 5.82 Å². The van der Waals surface area contributed by atoms with E-state index >= 15 is 0 Å². The third-order valence-corrected chi connectivity index (χ3v) is 7.48. The first-order chi connectivity index (χ1) is 16.7. The van der Waals surface area contributed by atoms with Gasteiger partial charge in [0.25, 0.3) is 0 Å². The molecule has 2 aliphatic rings. The van der Waals surface area contributed by atoms with Crippen LogP contribution in [-0.4, -0.2) is 45.7 Å². The van der Waals surface area contributed by atoms with E-state index in [-0.39, 0.29) is 11.8 Å². The van der Waals surface area contributed by atoms with Gasteiger partial charge in [0.2, 0.25) is 11.9 Å². The van der Waals surface area contributed by atoms with Crippen molar-refractivity contribution in [1.29, 1.82) is 0 Å². The van der Waals surface area contributed by atoms with Crippen LogP contribution in [0.4, 0.5) is 16.3 Å². The molecule has 0 unspecified atom stereocenters. The second-order valence-electron chi connectivity index (χ2n) is 10.0. The molecule has 0 bridgehead atoms. The molecule has 0 saturated carbocycles. The Balaban J connectivity index is 1.53. The SMILES string of the molecule is Cc1cc(Cn2c(N3CC4(CNC4)C3)nc3c(-c4cnc(N)nc4C)cc(Cl)cc32)cc(C)c1F. The molecule has 0 amide bonds. The second-order valence-corrected chi connectivity index (χ2v) is 10.5. The van der Waals surface area contributed by atoms with Gasteiger partial charge in [-0.1, -0.05) is 23.7 Å². The van der Waals surface area contributed by atoms with E-state index in [4.69, 9.17) is 22.3 Å². The van der Waals surface area contributed by atoms with Gasteiger partial charge in [-0.2, -0.15) is 0 Å². The predicted octanol–water partition coefficient (Wildman–Crippen LogP) is 4.25. The number of nitrogens with two attached hydrogens (primary N) is 1. The fraction of sp³-hybridized carbons (Fsp3) is 0.346. The fourth-order valence-corrected chi connectivity index (χ4v) is 5.66. The molecule has 0 radical (unpaired) electrons. The minimum absolute atomic E-state index is 0.157. The molecule has 2 fully saturated rings. The number of aromatic nitrogens is 4. The molecule has 7 nitrogen and oxygen atoms in total. The number of halogens is 2. The van der Waals surface area contributed by atoms with Crippen LogP contribution in [0.1, 0.15) is 22.4 Å². The summed E-state index contributed by atoms with van der Waals surface area (Å²) in [5.74, 6) is 0.975. The lowest BCUT2D eigenvalue weighted by molar-refractivity contribution is 0.119. The van der Waals surface area contributed by atoms with E-state index in [1.165, 1.54) is 0 Å². The summed E-state index contributed by atoms with van der Waals surface area (Å²) >= 11 is 6.64. The number of benzene rings is 2. The molecule has 2 saturated heterocycles. The molecule has 35 heavy (non-hydrogen) atoms. The Labute approximate surface area is 208 Å². The molecular formula is C26H27ClFN7. The van der Waals surface area contributed by atoms with Crippen LogP contribution in [-0.2, 0) is 6.54 Å². The summed E-state index contributed by atoms with van der Waals surface area (Å²) in [5.41, 5.74) is 12.7. The van der Waals surface area contributed by atoms with Crippen molar-refractivity contribution in [3.63, 3.8) is 0 Å². The topological polar surface area (TPSA) is 84.9 Å². The zero-order valence-electron chi connectivity index (χ0n) is 20.0. The summed E-state index contributed by atoms with van der Waals surface area (Å²) in [6, 6.07) is 7.68. The first-order valence-electron chi connectivity index (χ1n) is 11.7. The monoisotopic (exact) mass is 491 g/mol. The van der Waals surface area contributed by atoms with Crippen LogP contribution in [0.2, 0.25) is 5.02 Å². The van der Waals surface area contributed by atoms with Crippen molar-refractivity contribution in [3.8, 4) is 11.1 Å². The van der Waals surface area contributed by atoms with E-state index < -0.39 is 0 Å². The summed E-state index contributed by atoms with van der Waals surface area (Å²) in [4.78, 5) is 16.0. The average molecular weight is 492 g/mol. The lowest BCUT2D eigenvalue weighted by Crippen LogP contribution is -2.71. The minimum atomic E-state index is -0.157. The van der Waals surface area contributed by atoms with Crippen molar-refractivity contribution in [2.24, 2.45) is 5.41 Å². The van der Waals surface area contributed by atoms with Gasteiger partial charge in [0.05, 0.1) is 23.3 Å². The number of anilines is 2. The molecule has 2 aliphatic heterocycles. The van der Waals surface area contributed by atoms with Crippen molar-refractivity contribution in [1.82, 2.24) is 24.8 Å². The third-order valence-electron chi connectivity index (χ3n) is 7.26. The van der Waals surface area contributed by atoms with Crippen molar-refractivity contribution in [3.05, 3.63) is 63.7 Å². The molecule has 2 aromatic heterocycles. The maximum Gasteiger partial charge on any atom is 0.220 e. The Bertz CT molecular complexity index is 1460. The van der Waals surface area contributed by atoms with Crippen LogP contribution in [0.15, 0.2) is 30.5 Å². The third kappa shape index (κ3) is 3.63. The van der Waals surface area contributed by atoms with Crippen LogP contribution in [0.3, 0.4) is 0 Å². The Morgan fingerprint density at radius 3 is 2.40 bits per heavy atom. The predicted molar refractivity (Wildman–Crippen MR) is 137 cm³/mol. The van der Waals surface area contributed by atoms with Crippen molar-refractivity contribution in [2.45, 2.75) is 27.3 Å². The smallest absolute Gasteiger partial charge is 0.220 e. The molecule has 6 rings (SSSR count). The number of imidazole rings is 1. The van der Waals surface area contributed by atoms with E-state index in [2.05, 4.69) is 24.8 Å². The number of nitrogens with zero attached hydrogens (tertiary/aromatic N) is 5. The van der Waals surface area contributed by atoms with E-state index in [0.717, 1.165) is 65.5 Å². The molecule has 0 aliphatic carbocycles. The number of hydrogen-bond donors (Lipinski definition) is 2. The van der Waals surface area contributed by atoms with Crippen LogP contribution in [0.5, 0.6) is 0 Å². The quantitative estimate of drug-likeness (QED) is 0.444. The summed E-state index contributed by atoms with van der Waals surface area (Å²) in [7, 11) is 0. The van der Waals surface area contributed by atoms with Gasteiger partial charge in [-0.05, 0) is 49.6 Å². The summed E-state index contributed by atoms with van der Waals surface area (Å²) in [5, 5.41) is 4.00. The maximum absolute atomic E-state index is 14.3. The molecule has 2 aromatic carbocycles. The van der Waals surface area contributed by atoms with Gasteiger partial charge in [0.15, 0.2) is 0 Å². The molecule has 4 heterocycles. The maximum atomic E-state index is 14.3. The lowest BCUT2D eigenvalue weighted by atomic mass is 9.75. The number of nitrogens with one attached hydrogen (secondary N) is 1. The van der Waals surface area contributed by atoms with E-state index in [1.54, 1.807) is 20.0 Å². The number of nitrogen functional groups attached to an aromatic ring is 1. The Hall–Kier alpha value is -3.23. The standard InChI is InChI=1S/C26H27ClFN7/c1-14-4-17(5-15(2)22(14)28)9-35-21-7-18(27)6-19(20-8-31-24(29)32-16(20)3)23(21)33-25(35)34-12-26(13-34)10-30-11-26/h4-8,30H,9-13H2,1-3H3,(H2,29,31,32). The number of aryl methyl sites for hydroxylation is 3. The van der Waals surface area contributed by atoms with Gasteiger partial charge < -0.3 is 20.5 Å². The van der Waals surface area contributed by atoms with Gasteiger partial charge in [0, 0.05) is 53.9 Å². The van der Waals surface area contributed by atoms with E-state index in [9.17, 15) is 4.39 Å². The van der Waals surface area contributed by atoms with Gasteiger partial charge >= 0.3 is 0 Å². The van der Waals surface area contributed by atoms with Gasteiger partial charge in [-0.15, -0.1) is 0 Å². The molecule has 0 atom stereocenters. The molecule has 9 heteroatoms. The number of fused-ring (bicyclic) bond motifs is 1. The van der Waals surface area contributed by atoms with Crippen molar-refractivity contribution >= 4 is 34.5 Å². The fourth-order valence-electron chi connectivity index (χ4n) is 5.44. The Morgan fingerprint density at radius 2 is 1.77 bits per heavy atom. The Kier molecular flexibility index (Phi) is 5.02. The highest BCUT2D eigenvalue weighted by Gasteiger charge is 2.49. The zero-order chi connectivity index (χ0) is 24.5. The first kappa shape index (κ1) is 22.2. The molecule has 1 spiro atoms. The van der Waals surface area contributed by atoms with Crippen LogP contribution in [0.25, 0.3) is 22.2 Å². The van der Waals surface area contributed by atoms with Crippen LogP contribution in [0, 0.1) is 32.0 Å². The highest BCUT2D eigenvalue weighted by atomic mass is 35.5. The summed E-state index contributed by atoms with van der Waals surface area (Å²) < 4.78 is 16.5. The number of hydrogen-bond acceptors (Lipinski definition) is 6. The molecule has 4 aromatic rings. The lowest BCUT2D eigenvalue weighted by Gasteiger charge is -2.56. The van der Waals surface area contributed by atoms with Gasteiger partial charge in [-0.3, -0.25) is 0 Å². The highest BCUT2D eigenvalue weighted by Crippen LogP contribution is 2.41. The van der Waals surface area contributed by atoms with Crippen molar-refractivity contribution < 1.29 is 4.39 Å². The summed E-state index contributed by atoms with van der Waals surface area (Å²) in [6.45, 7) is 10.1. The normalized spacial score (nSPS) is 16.5. The van der Waals surface area contributed by atoms with Gasteiger partial charge in [-0.25, -0.2) is 19.3 Å². The molecular weight excluding hydrogens is 465 g/mol. The molecule has 3 N–H and O–H groups in total. The molecule has 180 valence electrons. The summed E-state index contributed by atoms with van der Waals surface area (Å²) in [6.07, 6.45) is 1.73. The highest BCUT2D eigenvalue weighted by molar-refractivity contribution is 6.31. The minimum Gasteiger partial charge on any atom is -0.368 e. The van der Waals surface area contributed by atoms with Crippen molar-refractivity contribution in [2.75, 3.05) is 36.8 Å². The largest absolute Gasteiger partial charge is 0.368 e. The zero-order valence-corrected chi connectivity index (χ0v) is 20.7. The average Bonchev–Trinajstić information content (AvgIpc) is 3.07. The van der Waals surface area contributed by atoms with Crippen LogP contribution >= 0.6 is 11.6 Å². The van der Waals surface area contributed by atoms with Crippen LogP contribution < -0.4 is 16.0 Å². The first-order valence-corrected chi connectivity index (χ1v) is 12.1. The van der Waals surface area contributed by atoms with E-state index in [1.807, 2.05) is 31.2 Å². The number of rotatable bonds is 4. The second kappa shape index (κ2) is 7.90. The van der Waals surface area contributed by atoms with E-state index in [0.29, 0.717) is 28.1 Å². The Morgan fingerprint density at radius 1 is 1.06 bits per heavy atom.